The Morgan fingerprint density at radius 1 is 1.38 bits per heavy atom. The van der Waals surface area contributed by atoms with Crippen LogP contribution in [-0.2, 0) is 19.6 Å². The second-order valence-corrected chi connectivity index (χ2v) is 7.03. The summed E-state index contributed by atoms with van der Waals surface area (Å²) in [5, 5.41) is 0. The fourth-order valence-electron chi connectivity index (χ4n) is 2.59. The van der Waals surface area contributed by atoms with E-state index in [0.717, 1.165) is 12.8 Å². The van der Waals surface area contributed by atoms with E-state index in [-0.39, 0.29) is 4.90 Å². The number of hydrogen-bond donors (Lipinski definition) is 1. The first-order valence-corrected chi connectivity index (χ1v) is 8.27. The highest BCUT2D eigenvalue weighted by Gasteiger charge is 2.38. The molecule has 0 spiro atoms. The van der Waals surface area contributed by atoms with Gasteiger partial charge < -0.3 is 10.5 Å². The molecule has 0 amide bonds. The van der Waals surface area contributed by atoms with Gasteiger partial charge in [-0.2, -0.15) is 4.31 Å². The van der Waals surface area contributed by atoms with Crippen molar-refractivity contribution in [3.8, 4) is 0 Å². The number of anilines is 1. The number of piperidine rings is 1. The normalized spacial score (nSPS) is 20.2. The predicted molar refractivity (Wildman–Crippen MR) is 79.1 cm³/mol. The van der Waals surface area contributed by atoms with Gasteiger partial charge in [0.05, 0.1) is 12.0 Å². The number of nitrogens with zero attached hydrogens (tertiary/aromatic N) is 1. The van der Waals surface area contributed by atoms with Crippen molar-refractivity contribution in [2.24, 2.45) is 0 Å². The van der Waals surface area contributed by atoms with Crippen molar-refractivity contribution in [3.05, 3.63) is 23.8 Å². The molecule has 7 heteroatoms. The molecule has 1 aromatic rings. The SMILES string of the molecule is COC(=O)C1CCCCN1S(=O)(=O)c1cc(N)ccc1C. The molecule has 0 bridgehead atoms. The van der Waals surface area contributed by atoms with Crippen LogP contribution in [-0.4, -0.2) is 38.4 Å². The second-order valence-electron chi connectivity index (χ2n) is 5.18. The maximum absolute atomic E-state index is 12.9. The van der Waals surface area contributed by atoms with Crippen LogP contribution in [0, 0.1) is 6.92 Å². The quantitative estimate of drug-likeness (QED) is 0.671. The minimum Gasteiger partial charge on any atom is -0.468 e. The molecule has 1 aromatic carbocycles. The van der Waals surface area contributed by atoms with Crippen LogP contribution < -0.4 is 5.73 Å². The molecule has 21 heavy (non-hydrogen) atoms. The van der Waals surface area contributed by atoms with Crippen molar-refractivity contribution >= 4 is 21.7 Å². The number of esters is 1. The Morgan fingerprint density at radius 2 is 2.10 bits per heavy atom. The van der Waals surface area contributed by atoms with E-state index in [4.69, 9.17) is 10.5 Å². The van der Waals surface area contributed by atoms with Crippen molar-refractivity contribution in [3.63, 3.8) is 0 Å². The van der Waals surface area contributed by atoms with E-state index in [1.807, 2.05) is 0 Å². The number of sulfonamides is 1. The van der Waals surface area contributed by atoms with Gasteiger partial charge in [0, 0.05) is 12.2 Å². The number of carbonyl (C=O) groups is 1. The number of ether oxygens (including phenoxy) is 1. The fourth-order valence-corrected chi connectivity index (χ4v) is 4.49. The fraction of sp³-hybridized carbons (Fsp3) is 0.500. The number of nitrogens with two attached hydrogens (primary N) is 1. The van der Waals surface area contributed by atoms with Crippen LogP contribution in [0.25, 0.3) is 0 Å². The lowest BCUT2D eigenvalue weighted by atomic mass is 10.1. The summed E-state index contributed by atoms with van der Waals surface area (Å²) in [6.45, 7) is 2.03. The third-order valence-corrected chi connectivity index (χ3v) is 5.78. The van der Waals surface area contributed by atoms with Crippen LogP contribution in [0.3, 0.4) is 0 Å². The van der Waals surface area contributed by atoms with Gasteiger partial charge in [-0.25, -0.2) is 8.42 Å². The van der Waals surface area contributed by atoms with Gasteiger partial charge in [0.2, 0.25) is 10.0 Å². The Kier molecular flexibility index (Phi) is 4.53. The summed E-state index contributed by atoms with van der Waals surface area (Å²) in [4.78, 5) is 12.0. The van der Waals surface area contributed by atoms with Crippen LogP contribution in [0.4, 0.5) is 5.69 Å². The van der Waals surface area contributed by atoms with E-state index < -0.39 is 22.0 Å². The highest BCUT2D eigenvalue weighted by Crippen LogP contribution is 2.28. The average Bonchev–Trinajstić information content (AvgIpc) is 2.48. The van der Waals surface area contributed by atoms with Gasteiger partial charge in [-0.05, 0) is 43.9 Å². The monoisotopic (exact) mass is 312 g/mol. The first kappa shape index (κ1) is 15.8. The molecule has 6 nitrogen and oxygen atoms in total. The summed E-state index contributed by atoms with van der Waals surface area (Å²) in [5.41, 5.74) is 6.69. The predicted octanol–water partition coefficient (Wildman–Crippen LogP) is 1.29. The highest BCUT2D eigenvalue weighted by atomic mass is 32.2. The molecule has 2 N–H and O–H groups in total. The number of rotatable bonds is 3. The van der Waals surface area contributed by atoms with Crippen molar-refractivity contribution < 1.29 is 17.9 Å². The van der Waals surface area contributed by atoms with Crippen molar-refractivity contribution in [2.75, 3.05) is 19.4 Å². The summed E-state index contributed by atoms with van der Waals surface area (Å²) < 4.78 is 31.7. The third kappa shape index (κ3) is 3.03. The van der Waals surface area contributed by atoms with E-state index in [0.29, 0.717) is 24.2 Å². The lowest BCUT2D eigenvalue weighted by Gasteiger charge is -2.33. The number of aryl methyl sites for hydroxylation is 1. The molecular weight excluding hydrogens is 292 g/mol. The first-order chi connectivity index (χ1) is 9.87. The summed E-state index contributed by atoms with van der Waals surface area (Å²) in [7, 11) is -2.50. The Hall–Kier alpha value is -1.60. The number of benzene rings is 1. The van der Waals surface area contributed by atoms with Crippen LogP contribution in [0.15, 0.2) is 23.1 Å². The van der Waals surface area contributed by atoms with Gasteiger partial charge in [-0.3, -0.25) is 4.79 Å². The second kappa shape index (κ2) is 6.03. The number of nitrogen functional groups attached to an aromatic ring is 1. The molecule has 0 aromatic heterocycles. The lowest BCUT2D eigenvalue weighted by Crippen LogP contribution is -2.48. The Bertz CT molecular complexity index is 642. The molecule has 1 atom stereocenters. The van der Waals surface area contributed by atoms with E-state index in [2.05, 4.69) is 0 Å². The summed E-state index contributed by atoms with van der Waals surface area (Å²) >= 11 is 0. The zero-order valence-corrected chi connectivity index (χ0v) is 13.0. The molecule has 1 fully saturated rings. The topological polar surface area (TPSA) is 89.7 Å². The molecule has 2 rings (SSSR count). The Labute approximate surface area is 124 Å². The highest BCUT2D eigenvalue weighted by molar-refractivity contribution is 7.89. The third-order valence-electron chi connectivity index (χ3n) is 3.73. The molecule has 1 aliphatic rings. The van der Waals surface area contributed by atoms with Crippen molar-refractivity contribution in [1.82, 2.24) is 4.31 Å². The Morgan fingerprint density at radius 3 is 2.76 bits per heavy atom. The van der Waals surface area contributed by atoms with Gasteiger partial charge in [-0.15, -0.1) is 0 Å². The zero-order valence-electron chi connectivity index (χ0n) is 12.2. The summed E-state index contributed by atoms with van der Waals surface area (Å²) in [6, 6.07) is 4.00. The van der Waals surface area contributed by atoms with Crippen LogP contribution in [0.5, 0.6) is 0 Å². The summed E-state index contributed by atoms with van der Waals surface area (Å²) in [6.07, 6.45) is 2.02. The number of carbonyl (C=O) groups excluding carboxylic acids is 1. The molecule has 1 aliphatic heterocycles. The van der Waals surface area contributed by atoms with E-state index in [1.165, 1.54) is 17.5 Å². The van der Waals surface area contributed by atoms with E-state index >= 15 is 0 Å². The van der Waals surface area contributed by atoms with Crippen LogP contribution >= 0.6 is 0 Å². The van der Waals surface area contributed by atoms with E-state index in [1.54, 1.807) is 19.1 Å². The molecular formula is C14H20N2O4S. The molecule has 0 saturated carbocycles. The van der Waals surface area contributed by atoms with E-state index in [9.17, 15) is 13.2 Å². The molecule has 0 radical (unpaired) electrons. The van der Waals surface area contributed by atoms with Crippen molar-refractivity contribution in [1.29, 1.82) is 0 Å². The maximum Gasteiger partial charge on any atom is 0.324 e. The van der Waals surface area contributed by atoms with Gasteiger partial charge in [0.1, 0.15) is 6.04 Å². The van der Waals surface area contributed by atoms with Gasteiger partial charge in [-0.1, -0.05) is 6.07 Å². The van der Waals surface area contributed by atoms with Crippen LogP contribution in [0.1, 0.15) is 24.8 Å². The molecule has 1 heterocycles. The molecule has 0 aliphatic carbocycles. The van der Waals surface area contributed by atoms with Gasteiger partial charge in [0.25, 0.3) is 0 Å². The largest absolute Gasteiger partial charge is 0.468 e. The zero-order chi connectivity index (χ0) is 15.6. The standard InChI is InChI=1S/C14H20N2O4S/c1-10-6-7-11(15)9-13(10)21(18,19)16-8-4-3-5-12(16)14(17)20-2/h6-7,9,12H,3-5,8,15H2,1-2H3. The van der Waals surface area contributed by atoms with Gasteiger partial charge in [0.15, 0.2) is 0 Å². The first-order valence-electron chi connectivity index (χ1n) is 6.83. The summed E-state index contributed by atoms with van der Waals surface area (Å²) in [5.74, 6) is -0.514. The Balaban J connectivity index is 2.45. The molecule has 116 valence electrons. The van der Waals surface area contributed by atoms with Crippen molar-refractivity contribution in [2.45, 2.75) is 37.1 Å². The van der Waals surface area contributed by atoms with Gasteiger partial charge >= 0.3 is 5.97 Å². The minimum absolute atomic E-state index is 0.151. The smallest absolute Gasteiger partial charge is 0.324 e. The number of methoxy groups -OCH3 is 1. The number of hydrogen-bond acceptors (Lipinski definition) is 5. The minimum atomic E-state index is -3.77. The lowest BCUT2D eigenvalue weighted by molar-refractivity contribution is -0.146. The van der Waals surface area contributed by atoms with Crippen LogP contribution in [0.2, 0.25) is 0 Å². The molecule has 1 unspecified atom stereocenters. The average molecular weight is 312 g/mol. The molecule has 1 saturated heterocycles. The maximum atomic E-state index is 12.9.